The molecule has 2 aromatic heterocycles. The van der Waals surface area contributed by atoms with Gasteiger partial charge in [0.1, 0.15) is 5.65 Å². The first-order valence-electron chi connectivity index (χ1n) is 8.06. The Labute approximate surface area is 136 Å². The number of anilines is 1. The summed E-state index contributed by atoms with van der Waals surface area (Å²) in [5.41, 5.74) is 5.64. The van der Waals surface area contributed by atoms with Crippen molar-refractivity contribution >= 4 is 11.3 Å². The molecular formula is C19H21N3O. The highest BCUT2D eigenvalue weighted by Crippen LogP contribution is 2.25. The molecule has 3 heterocycles. The van der Waals surface area contributed by atoms with Crippen molar-refractivity contribution in [3.8, 4) is 11.3 Å². The number of imidazole rings is 1. The van der Waals surface area contributed by atoms with Crippen LogP contribution in [0.3, 0.4) is 0 Å². The number of aryl methyl sites for hydroxylation is 1. The summed E-state index contributed by atoms with van der Waals surface area (Å²) in [5.74, 6) is 0. The summed E-state index contributed by atoms with van der Waals surface area (Å²) in [7, 11) is 1.79. The summed E-state index contributed by atoms with van der Waals surface area (Å²) in [4.78, 5) is 7.17. The molecule has 4 rings (SSSR count). The number of pyridine rings is 1. The highest BCUT2D eigenvalue weighted by Gasteiger charge is 2.22. The van der Waals surface area contributed by atoms with Crippen LogP contribution in [0, 0.1) is 6.92 Å². The van der Waals surface area contributed by atoms with Gasteiger partial charge in [0, 0.05) is 49.9 Å². The van der Waals surface area contributed by atoms with E-state index in [9.17, 15) is 0 Å². The zero-order valence-corrected chi connectivity index (χ0v) is 13.6. The number of hydrogen-bond acceptors (Lipinski definition) is 3. The molecule has 1 fully saturated rings. The number of ether oxygens (including phenoxy) is 1. The Hall–Kier alpha value is -2.33. The SMILES string of the molecule is CO[C@H]1CCN(c2ccn3cc(-c4cccc(C)c4)nc3c2)C1. The first-order chi connectivity index (χ1) is 11.2. The second kappa shape index (κ2) is 5.70. The van der Waals surface area contributed by atoms with E-state index in [1.165, 1.54) is 11.3 Å². The lowest BCUT2D eigenvalue weighted by atomic mass is 10.1. The van der Waals surface area contributed by atoms with Gasteiger partial charge >= 0.3 is 0 Å². The molecule has 0 saturated carbocycles. The van der Waals surface area contributed by atoms with Gasteiger partial charge in [0.15, 0.2) is 0 Å². The molecule has 0 radical (unpaired) electrons. The van der Waals surface area contributed by atoms with E-state index in [2.05, 4.69) is 65.0 Å². The Morgan fingerprint density at radius 2 is 2.13 bits per heavy atom. The predicted molar refractivity (Wildman–Crippen MR) is 93.0 cm³/mol. The van der Waals surface area contributed by atoms with Crippen LogP contribution in [-0.2, 0) is 4.74 Å². The van der Waals surface area contributed by atoms with Gasteiger partial charge in [-0.1, -0.05) is 23.8 Å². The summed E-state index contributed by atoms with van der Waals surface area (Å²) < 4.78 is 7.55. The number of nitrogens with zero attached hydrogens (tertiary/aromatic N) is 3. The Morgan fingerprint density at radius 1 is 1.22 bits per heavy atom. The molecule has 4 heteroatoms. The molecule has 0 aliphatic carbocycles. The van der Waals surface area contributed by atoms with E-state index in [1.807, 2.05) is 0 Å². The minimum atomic E-state index is 0.342. The molecule has 1 aliphatic heterocycles. The zero-order chi connectivity index (χ0) is 15.8. The first-order valence-corrected chi connectivity index (χ1v) is 8.06. The first kappa shape index (κ1) is 14.3. The third-order valence-corrected chi connectivity index (χ3v) is 4.60. The molecule has 1 aromatic carbocycles. The van der Waals surface area contributed by atoms with Crippen LogP contribution in [0.1, 0.15) is 12.0 Å². The van der Waals surface area contributed by atoms with Crippen molar-refractivity contribution in [2.45, 2.75) is 19.4 Å². The van der Waals surface area contributed by atoms with Crippen molar-refractivity contribution < 1.29 is 4.74 Å². The smallest absolute Gasteiger partial charge is 0.139 e. The molecule has 0 spiro atoms. The highest BCUT2D eigenvalue weighted by atomic mass is 16.5. The monoisotopic (exact) mass is 307 g/mol. The van der Waals surface area contributed by atoms with Crippen LogP contribution in [0.2, 0.25) is 0 Å². The van der Waals surface area contributed by atoms with Crippen molar-refractivity contribution in [3.63, 3.8) is 0 Å². The molecule has 0 bridgehead atoms. The fraction of sp³-hybridized carbons (Fsp3) is 0.316. The van der Waals surface area contributed by atoms with Gasteiger partial charge in [-0.3, -0.25) is 0 Å². The van der Waals surface area contributed by atoms with Crippen molar-refractivity contribution in [2.75, 3.05) is 25.1 Å². The molecule has 118 valence electrons. The van der Waals surface area contributed by atoms with Gasteiger partial charge in [-0.2, -0.15) is 0 Å². The van der Waals surface area contributed by atoms with Crippen molar-refractivity contribution in [3.05, 3.63) is 54.4 Å². The summed E-state index contributed by atoms with van der Waals surface area (Å²) in [5, 5.41) is 0. The molecule has 4 nitrogen and oxygen atoms in total. The normalized spacial score (nSPS) is 18.0. The maximum absolute atomic E-state index is 5.46. The molecule has 23 heavy (non-hydrogen) atoms. The Morgan fingerprint density at radius 3 is 2.91 bits per heavy atom. The number of benzene rings is 1. The van der Waals surface area contributed by atoms with Crippen LogP contribution in [-0.4, -0.2) is 35.7 Å². The van der Waals surface area contributed by atoms with Crippen molar-refractivity contribution in [1.82, 2.24) is 9.38 Å². The van der Waals surface area contributed by atoms with Gasteiger partial charge in [-0.25, -0.2) is 4.98 Å². The van der Waals surface area contributed by atoms with Crippen LogP contribution in [0.15, 0.2) is 48.8 Å². The second-order valence-corrected chi connectivity index (χ2v) is 6.24. The molecule has 3 aromatic rings. The third kappa shape index (κ3) is 2.70. The van der Waals surface area contributed by atoms with Crippen LogP contribution < -0.4 is 4.90 Å². The van der Waals surface area contributed by atoms with Crippen LogP contribution in [0.5, 0.6) is 0 Å². The lowest BCUT2D eigenvalue weighted by Gasteiger charge is -2.18. The summed E-state index contributed by atoms with van der Waals surface area (Å²) in [6.07, 6.45) is 5.62. The maximum Gasteiger partial charge on any atom is 0.139 e. The molecule has 1 saturated heterocycles. The number of fused-ring (bicyclic) bond motifs is 1. The average molecular weight is 307 g/mol. The molecule has 1 aliphatic rings. The van der Waals surface area contributed by atoms with E-state index in [-0.39, 0.29) is 0 Å². The van der Waals surface area contributed by atoms with E-state index in [4.69, 9.17) is 9.72 Å². The predicted octanol–water partition coefficient (Wildman–Crippen LogP) is 3.53. The number of hydrogen-bond donors (Lipinski definition) is 0. The van der Waals surface area contributed by atoms with Crippen molar-refractivity contribution in [1.29, 1.82) is 0 Å². The van der Waals surface area contributed by atoms with E-state index < -0.39 is 0 Å². The second-order valence-electron chi connectivity index (χ2n) is 6.24. The molecule has 0 amide bonds. The molecule has 1 atom stereocenters. The van der Waals surface area contributed by atoms with Crippen LogP contribution in [0.4, 0.5) is 5.69 Å². The zero-order valence-electron chi connectivity index (χ0n) is 13.6. The van der Waals surface area contributed by atoms with E-state index in [1.54, 1.807) is 7.11 Å². The Balaban J connectivity index is 1.67. The summed E-state index contributed by atoms with van der Waals surface area (Å²) in [6.45, 7) is 4.11. The molecular weight excluding hydrogens is 286 g/mol. The van der Waals surface area contributed by atoms with Gasteiger partial charge in [0.05, 0.1) is 11.8 Å². The van der Waals surface area contributed by atoms with Gasteiger partial charge < -0.3 is 14.0 Å². The van der Waals surface area contributed by atoms with Crippen LogP contribution in [0.25, 0.3) is 16.9 Å². The Kier molecular flexibility index (Phi) is 3.54. The van der Waals surface area contributed by atoms with Gasteiger partial charge in [-0.15, -0.1) is 0 Å². The third-order valence-electron chi connectivity index (χ3n) is 4.60. The van der Waals surface area contributed by atoms with Crippen LogP contribution >= 0.6 is 0 Å². The fourth-order valence-electron chi connectivity index (χ4n) is 3.27. The minimum absolute atomic E-state index is 0.342. The average Bonchev–Trinajstić information content (AvgIpc) is 3.20. The number of rotatable bonds is 3. The largest absolute Gasteiger partial charge is 0.380 e. The lowest BCUT2D eigenvalue weighted by molar-refractivity contribution is 0.121. The van der Waals surface area contributed by atoms with E-state index in [0.717, 1.165) is 36.4 Å². The standard InChI is InChI=1S/C19H21N3O/c1-14-4-3-5-15(10-14)18-13-22-8-6-16(11-19(22)20-18)21-9-7-17(12-21)23-2/h3-6,8,10-11,13,17H,7,9,12H2,1-2H3/t17-/m0/s1. The number of aromatic nitrogens is 2. The Bertz CT molecular complexity index is 840. The quantitative estimate of drug-likeness (QED) is 0.741. The van der Waals surface area contributed by atoms with E-state index in [0.29, 0.717) is 6.10 Å². The van der Waals surface area contributed by atoms with Gasteiger partial charge in [0.25, 0.3) is 0 Å². The van der Waals surface area contributed by atoms with Gasteiger partial charge in [0.2, 0.25) is 0 Å². The molecule has 0 unspecified atom stereocenters. The lowest BCUT2D eigenvalue weighted by Crippen LogP contribution is -2.22. The van der Waals surface area contributed by atoms with E-state index >= 15 is 0 Å². The highest BCUT2D eigenvalue weighted by molar-refractivity contribution is 5.66. The maximum atomic E-state index is 5.46. The summed E-state index contributed by atoms with van der Waals surface area (Å²) >= 11 is 0. The fourth-order valence-corrected chi connectivity index (χ4v) is 3.27. The van der Waals surface area contributed by atoms with Gasteiger partial charge in [-0.05, 0) is 25.5 Å². The molecule has 0 N–H and O–H groups in total. The van der Waals surface area contributed by atoms with Crippen molar-refractivity contribution in [2.24, 2.45) is 0 Å². The minimum Gasteiger partial charge on any atom is -0.380 e. The topological polar surface area (TPSA) is 29.8 Å². The summed E-state index contributed by atoms with van der Waals surface area (Å²) in [6, 6.07) is 12.8. The number of methoxy groups -OCH3 is 1.